The quantitative estimate of drug-likeness (QED) is 0.833. The molecule has 2 N–H and O–H groups in total. The molecule has 0 saturated heterocycles. The lowest BCUT2D eigenvalue weighted by molar-refractivity contribution is 0.0690. The summed E-state index contributed by atoms with van der Waals surface area (Å²) in [4.78, 5) is 22.6. The molecule has 98 valence electrons. The lowest BCUT2D eigenvalue weighted by Gasteiger charge is -2.06. The van der Waals surface area contributed by atoms with E-state index in [0.717, 1.165) is 5.56 Å². The number of ether oxygens (including phenoxy) is 1. The van der Waals surface area contributed by atoms with Crippen molar-refractivity contribution in [3.63, 3.8) is 0 Å². The first-order valence-electron chi connectivity index (χ1n) is 5.47. The van der Waals surface area contributed by atoms with Crippen molar-refractivity contribution in [2.45, 2.75) is 6.54 Å². The van der Waals surface area contributed by atoms with Gasteiger partial charge in [-0.2, -0.15) is 4.98 Å². The maximum absolute atomic E-state index is 10.7. The summed E-state index contributed by atoms with van der Waals surface area (Å²) in [6.07, 6.45) is 4.58. The van der Waals surface area contributed by atoms with Crippen LogP contribution < -0.4 is 10.1 Å². The first-order chi connectivity index (χ1) is 9.19. The number of hydrogen-bond acceptors (Lipinski definition) is 6. The first kappa shape index (κ1) is 12.7. The Morgan fingerprint density at radius 3 is 2.84 bits per heavy atom. The third kappa shape index (κ3) is 3.38. The van der Waals surface area contributed by atoms with Gasteiger partial charge in [0.25, 0.3) is 0 Å². The minimum Gasteiger partial charge on any atom is -0.480 e. The van der Waals surface area contributed by atoms with E-state index in [1.165, 1.54) is 25.6 Å². The molecule has 0 aliphatic carbocycles. The zero-order valence-electron chi connectivity index (χ0n) is 10.2. The molecular weight excluding hydrogens is 248 g/mol. The van der Waals surface area contributed by atoms with Crippen molar-refractivity contribution >= 4 is 11.8 Å². The van der Waals surface area contributed by atoms with Crippen LogP contribution in [0.3, 0.4) is 0 Å². The number of rotatable bonds is 5. The Labute approximate surface area is 109 Å². The molecule has 0 fully saturated rings. The highest BCUT2D eigenvalue weighted by molar-refractivity contribution is 5.85. The number of aromatic carboxylic acids is 1. The molecule has 0 amide bonds. The van der Waals surface area contributed by atoms with Crippen LogP contribution in [-0.4, -0.2) is 33.1 Å². The molecule has 2 heterocycles. The second kappa shape index (κ2) is 5.76. The van der Waals surface area contributed by atoms with E-state index >= 15 is 0 Å². The van der Waals surface area contributed by atoms with Gasteiger partial charge in [-0.05, 0) is 11.6 Å². The maximum atomic E-state index is 10.7. The van der Waals surface area contributed by atoms with Gasteiger partial charge in [-0.15, -0.1) is 0 Å². The molecule has 0 bridgehead atoms. The normalized spacial score (nSPS) is 9.95. The van der Waals surface area contributed by atoms with Gasteiger partial charge >= 0.3 is 5.97 Å². The van der Waals surface area contributed by atoms with Gasteiger partial charge in [-0.1, -0.05) is 6.07 Å². The summed E-state index contributed by atoms with van der Waals surface area (Å²) >= 11 is 0. The van der Waals surface area contributed by atoms with Crippen LogP contribution in [0.5, 0.6) is 5.88 Å². The van der Waals surface area contributed by atoms with Crippen LogP contribution in [0.25, 0.3) is 0 Å². The number of carboxylic acid groups (broad SMARTS) is 1. The topological polar surface area (TPSA) is 97.2 Å². The minimum atomic E-state index is -1.04. The highest BCUT2D eigenvalue weighted by Gasteiger charge is 2.04. The van der Waals surface area contributed by atoms with Crippen molar-refractivity contribution in [3.8, 4) is 5.88 Å². The van der Waals surface area contributed by atoms with Crippen LogP contribution in [0, 0.1) is 0 Å². The van der Waals surface area contributed by atoms with Crippen molar-refractivity contribution in [1.29, 1.82) is 0 Å². The SMILES string of the molecule is COc1cncc(NCc2ccc(C(=O)O)nc2)n1. The van der Waals surface area contributed by atoms with Gasteiger partial charge in [-0.25, -0.2) is 9.78 Å². The summed E-state index contributed by atoms with van der Waals surface area (Å²) in [5, 5.41) is 11.8. The highest BCUT2D eigenvalue weighted by Crippen LogP contribution is 2.09. The van der Waals surface area contributed by atoms with E-state index in [4.69, 9.17) is 9.84 Å². The van der Waals surface area contributed by atoms with Crippen LogP contribution >= 0.6 is 0 Å². The number of carbonyl (C=O) groups is 1. The van der Waals surface area contributed by atoms with Crippen molar-refractivity contribution < 1.29 is 14.6 Å². The molecule has 0 aliphatic rings. The Hall–Kier alpha value is -2.70. The second-order valence-electron chi connectivity index (χ2n) is 3.66. The molecule has 2 aromatic rings. The molecule has 0 spiro atoms. The monoisotopic (exact) mass is 260 g/mol. The van der Waals surface area contributed by atoms with E-state index in [1.54, 1.807) is 12.3 Å². The van der Waals surface area contributed by atoms with Crippen LogP contribution in [0.1, 0.15) is 16.1 Å². The number of hydrogen-bond donors (Lipinski definition) is 2. The molecule has 2 rings (SSSR count). The predicted molar refractivity (Wildman–Crippen MR) is 67.1 cm³/mol. The number of aromatic nitrogens is 3. The molecule has 0 atom stereocenters. The number of nitrogens with zero attached hydrogens (tertiary/aromatic N) is 3. The minimum absolute atomic E-state index is 0.0184. The van der Waals surface area contributed by atoms with Crippen LogP contribution in [0.15, 0.2) is 30.7 Å². The maximum Gasteiger partial charge on any atom is 0.354 e. The fourth-order valence-electron chi connectivity index (χ4n) is 1.38. The van der Waals surface area contributed by atoms with E-state index in [1.807, 2.05) is 0 Å². The summed E-state index contributed by atoms with van der Waals surface area (Å²) in [5.41, 5.74) is 0.861. The van der Waals surface area contributed by atoms with Gasteiger partial charge in [-0.3, -0.25) is 4.98 Å². The third-order valence-corrected chi connectivity index (χ3v) is 2.34. The molecule has 0 radical (unpaired) electrons. The lowest BCUT2D eigenvalue weighted by Crippen LogP contribution is -2.05. The average Bonchev–Trinajstić information content (AvgIpc) is 2.46. The molecule has 0 aromatic carbocycles. The van der Waals surface area contributed by atoms with E-state index < -0.39 is 5.97 Å². The fraction of sp³-hybridized carbons (Fsp3) is 0.167. The first-order valence-corrected chi connectivity index (χ1v) is 5.47. The molecule has 0 unspecified atom stereocenters. The number of pyridine rings is 1. The zero-order chi connectivity index (χ0) is 13.7. The van der Waals surface area contributed by atoms with Gasteiger partial charge in [0.1, 0.15) is 11.5 Å². The average molecular weight is 260 g/mol. The van der Waals surface area contributed by atoms with E-state index in [9.17, 15) is 4.79 Å². The largest absolute Gasteiger partial charge is 0.480 e. The standard InChI is InChI=1S/C12H12N4O3/c1-19-11-7-13-6-10(16-11)15-5-8-2-3-9(12(17)18)14-4-8/h2-4,6-7H,5H2,1H3,(H,15,16)(H,17,18). The Morgan fingerprint density at radius 2 is 2.21 bits per heavy atom. The summed E-state index contributed by atoms with van der Waals surface area (Å²) in [5.74, 6) is -0.0517. The molecule has 7 nitrogen and oxygen atoms in total. The molecule has 7 heteroatoms. The van der Waals surface area contributed by atoms with E-state index in [0.29, 0.717) is 18.2 Å². The molecule has 0 saturated carbocycles. The fourth-order valence-corrected chi connectivity index (χ4v) is 1.38. The summed E-state index contributed by atoms with van der Waals surface area (Å²) in [6.45, 7) is 0.467. The second-order valence-corrected chi connectivity index (χ2v) is 3.66. The Morgan fingerprint density at radius 1 is 1.37 bits per heavy atom. The lowest BCUT2D eigenvalue weighted by atomic mass is 10.2. The Bertz CT molecular complexity index is 571. The molecule has 19 heavy (non-hydrogen) atoms. The highest BCUT2D eigenvalue weighted by atomic mass is 16.5. The summed E-state index contributed by atoms with van der Waals surface area (Å²) in [6, 6.07) is 3.15. The van der Waals surface area contributed by atoms with Gasteiger partial charge in [0.2, 0.25) is 5.88 Å². The van der Waals surface area contributed by atoms with Gasteiger partial charge in [0, 0.05) is 12.7 Å². The Kier molecular flexibility index (Phi) is 3.87. The zero-order valence-corrected chi connectivity index (χ0v) is 10.2. The number of anilines is 1. The predicted octanol–water partition coefficient (Wildman–Crippen LogP) is 1.19. The molecular formula is C12H12N4O3. The van der Waals surface area contributed by atoms with Gasteiger partial charge < -0.3 is 15.2 Å². The number of methoxy groups -OCH3 is 1. The van der Waals surface area contributed by atoms with Crippen LogP contribution in [-0.2, 0) is 6.54 Å². The summed E-state index contributed by atoms with van der Waals surface area (Å²) in [7, 11) is 1.52. The van der Waals surface area contributed by atoms with Crippen molar-refractivity contribution in [2.75, 3.05) is 12.4 Å². The Balaban J connectivity index is 1.99. The van der Waals surface area contributed by atoms with E-state index in [-0.39, 0.29) is 5.69 Å². The smallest absolute Gasteiger partial charge is 0.354 e. The molecule has 2 aromatic heterocycles. The van der Waals surface area contributed by atoms with Gasteiger partial charge in [0.15, 0.2) is 0 Å². The van der Waals surface area contributed by atoms with Crippen molar-refractivity contribution in [2.24, 2.45) is 0 Å². The van der Waals surface area contributed by atoms with Crippen molar-refractivity contribution in [1.82, 2.24) is 15.0 Å². The number of carboxylic acids is 1. The third-order valence-electron chi connectivity index (χ3n) is 2.34. The van der Waals surface area contributed by atoms with Crippen LogP contribution in [0.2, 0.25) is 0 Å². The molecule has 0 aliphatic heterocycles. The number of nitrogens with one attached hydrogen (secondary N) is 1. The summed E-state index contributed by atoms with van der Waals surface area (Å²) < 4.78 is 4.96. The van der Waals surface area contributed by atoms with Crippen LogP contribution in [0.4, 0.5) is 5.82 Å². The van der Waals surface area contributed by atoms with Gasteiger partial charge in [0.05, 0.1) is 19.5 Å². The van der Waals surface area contributed by atoms with E-state index in [2.05, 4.69) is 20.3 Å². The van der Waals surface area contributed by atoms with Crippen molar-refractivity contribution in [3.05, 3.63) is 42.0 Å².